The van der Waals surface area contributed by atoms with Crippen molar-refractivity contribution in [3.8, 4) is 0 Å². The van der Waals surface area contributed by atoms with Gasteiger partial charge < -0.3 is 5.32 Å². The quantitative estimate of drug-likeness (QED) is 0.834. The number of halogens is 1. The largest absolute Gasteiger partial charge is 0.378 e. The van der Waals surface area contributed by atoms with E-state index in [-0.39, 0.29) is 0 Å². The summed E-state index contributed by atoms with van der Waals surface area (Å²) in [5, 5.41) is 3.88. The van der Waals surface area contributed by atoms with Gasteiger partial charge in [0.1, 0.15) is 0 Å². The second-order valence-electron chi connectivity index (χ2n) is 4.57. The molecule has 0 aliphatic carbocycles. The fraction of sp³-hybridized carbons (Fsp3) is 0.267. The first-order valence-corrected chi connectivity index (χ1v) is 6.37. The van der Waals surface area contributed by atoms with Gasteiger partial charge in [0.15, 0.2) is 5.15 Å². The number of rotatable bonds is 3. The van der Waals surface area contributed by atoms with Gasteiger partial charge in [-0.3, -0.25) is 0 Å². The summed E-state index contributed by atoms with van der Waals surface area (Å²) in [4.78, 5) is 4.14. The fourth-order valence-corrected chi connectivity index (χ4v) is 2.16. The Labute approximate surface area is 113 Å². The average molecular weight is 261 g/mol. The van der Waals surface area contributed by atoms with Gasteiger partial charge in [-0.05, 0) is 49.1 Å². The normalized spacial score (nSPS) is 10.4. The lowest BCUT2D eigenvalue weighted by Gasteiger charge is -2.13. The molecule has 0 fully saturated rings. The molecule has 0 aliphatic heterocycles. The third-order valence-electron chi connectivity index (χ3n) is 3.08. The monoisotopic (exact) mass is 260 g/mol. The summed E-state index contributed by atoms with van der Waals surface area (Å²) >= 11 is 6.07. The van der Waals surface area contributed by atoms with Crippen LogP contribution in [0.25, 0.3) is 0 Å². The molecule has 2 nitrogen and oxygen atoms in total. The molecule has 3 heteroatoms. The third kappa shape index (κ3) is 2.82. The van der Waals surface area contributed by atoms with Crippen molar-refractivity contribution < 1.29 is 0 Å². The lowest BCUT2D eigenvalue weighted by atomic mass is 10.0. The van der Waals surface area contributed by atoms with Crippen molar-refractivity contribution in [1.82, 2.24) is 4.98 Å². The van der Waals surface area contributed by atoms with Crippen molar-refractivity contribution >= 4 is 17.3 Å². The van der Waals surface area contributed by atoms with Crippen LogP contribution in [0.2, 0.25) is 5.15 Å². The van der Waals surface area contributed by atoms with Crippen LogP contribution in [0.15, 0.2) is 30.5 Å². The highest BCUT2D eigenvalue weighted by Gasteiger charge is 2.05. The van der Waals surface area contributed by atoms with Crippen LogP contribution in [0.3, 0.4) is 0 Å². The number of aromatic nitrogens is 1. The van der Waals surface area contributed by atoms with Crippen molar-refractivity contribution in [3.63, 3.8) is 0 Å². The van der Waals surface area contributed by atoms with Crippen molar-refractivity contribution in [3.05, 3.63) is 57.9 Å². The van der Waals surface area contributed by atoms with Crippen LogP contribution in [0.5, 0.6) is 0 Å². The van der Waals surface area contributed by atoms with Crippen molar-refractivity contribution in [2.75, 3.05) is 5.32 Å². The minimum Gasteiger partial charge on any atom is -0.378 e. The van der Waals surface area contributed by atoms with Crippen LogP contribution in [0.4, 0.5) is 5.69 Å². The van der Waals surface area contributed by atoms with Gasteiger partial charge in [0.25, 0.3) is 0 Å². The second-order valence-corrected chi connectivity index (χ2v) is 4.93. The molecule has 1 heterocycles. The van der Waals surface area contributed by atoms with E-state index in [0.717, 1.165) is 17.8 Å². The second kappa shape index (κ2) is 5.40. The van der Waals surface area contributed by atoms with Gasteiger partial charge in [0, 0.05) is 12.7 Å². The van der Waals surface area contributed by atoms with E-state index in [1.165, 1.54) is 16.7 Å². The number of nitrogens with zero attached hydrogens (tertiary/aromatic N) is 1. The van der Waals surface area contributed by atoms with Crippen LogP contribution < -0.4 is 5.32 Å². The molecule has 0 amide bonds. The first kappa shape index (κ1) is 12.9. The van der Waals surface area contributed by atoms with Gasteiger partial charge >= 0.3 is 0 Å². The number of nitrogens with one attached hydrogen (secondary N) is 1. The lowest BCUT2D eigenvalue weighted by Crippen LogP contribution is -2.04. The fourth-order valence-electron chi connectivity index (χ4n) is 1.99. The molecule has 0 saturated carbocycles. The zero-order valence-electron chi connectivity index (χ0n) is 10.9. The number of aryl methyl sites for hydroxylation is 3. The molecule has 0 radical (unpaired) electrons. The zero-order valence-corrected chi connectivity index (χ0v) is 11.7. The summed E-state index contributed by atoms with van der Waals surface area (Å²) in [5.41, 5.74) is 5.89. The van der Waals surface area contributed by atoms with Crippen molar-refractivity contribution in [2.45, 2.75) is 27.3 Å². The highest BCUT2D eigenvalue weighted by Crippen LogP contribution is 2.22. The molecule has 0 unspecified atom stereocenters. The number of benzene rings is 1. The molecule has 1 N–H and O–H groups in total. The Kier molecular flexibility index (Phi) is 3.87. The topological polar surface area (TPSA) is 24.9 Å². The number of hydrogen-bond donors (Lipinski definition) is 1. The van der Waals surface area contributed by atoms with E-state index in [1.54, 1.807) is 6.20 Å². The summed E-state index contributed by atoms with van der Waals surface area (Å²) < 4.78 is 0. The number of anilines is 1. The van der Waals surface area contributed by atoms with Gasteiger partial charge in [-0.25, -0.2) is 4.98 Å². The molecule has 0 saturated heterocycles. The van der Waals surface area contributed by atoms with Crippen molar-refractivity contribution in [2.24, 2.45) is 0 Å². The summed E-state index contributed by atoms with van der Waals surface area (Å²) in [6, 6.07) is 8.35. The minimum absolute atomic E-state index is 0.520. The standard InChI is InChI=1S/C15H17ClN2/c1-10-7-14(15(16)18-8-10)17-9-13-11(2)5-4-6-12(13)3/h4-8,17H,9H2,1-3H3. The first-order chi connectivity index (χ1) is 8.58. The zero-order chi connectivity index (χ0) is 13.1. The SMILES string of the molecule is Cc1cnc(Cl)c(NCc2c(C)cccc2C)c1. The summed E-state index contributed by atoms with van der Waals surface area (Å²) in [5.74, 6) is 0. The average Bonchev–Trinajstić information content (AvgIpc) is 2.33. The van der Waals surface area contributed by atoms with Crippen molar-refractivity contribution in [1.29, 1.82) is 0 Å². The van der Waals surface area contributed by atoms with Crippen LogP contribution >= 0.6 is 11.6 Å². The molecule has 18 heavy (non-hydrogen) atoms. The summed E-state index contributed by atoms with van der Waals surface area (Å²) in [7, 11) is 0. The van der Waals surface area contributed by atoms with Gasteiger partial charge in [-0.15, -0.1) is 0 Å². The molecule has 0 aliphatic rings. The Hall–Kier alpha value is -1.54. The van der Waals surface area contributed by atoms with Gasteiger partial charge in [-0.2, -0.15) is 0 Å². The van der Waals surface area contributed by atoms with Crippen LogP contribution in [0, 0.1) is 20.8 Å². The lowest BCUT2D eigenvalue weighted by molar-refractivity contribution is 1.08. The molecule has 0 bridgehead atoms. The van der Waals surface area contributed by atoms with E-state index in [9.17, 15) is 0 Å². The predicted octanol–water partition coefficient (Wildman–Crippen LogP) is 4.27. The molecular weight excluding hydrogens is 244 g/mol. The van der Waals surface area contributed by atoms with Crippen LogP contribution in [0.1, 0.15) is 22.3 Å². The van der Waals surface area contributed by atoms with Gasteiger partial charge in [-0.1, -0.05) is 29.8 Å². The predicted molar refractivity (Wildman–Crippen MR) is 77.2 cm³/mol. The molecule has 2 aromatic rings. The molecule has 94 valence electrons. The number of hydrogen-bond acceptors (Lipinski definition) is 2. The Bertz CT molecular complexity index is 544. The maximum Gasteiger partial charge on any atom is 0.152 e. The van der Waals surface area contributed by atoms with Crippen LogP contribution in [-0.2, 0) is 6.54 Å². The molecule has 0 atom stereocenters. The van der Waals surface area contributed by atoms with Crippen LogP contribution in [-0.4, -0.2) is 4.98 Å². The Morgan fingerprint density at radius 2 is 1.83 bits per heavy atom. The minimum atomic E-state index is 0.520. The Morgan fingerprint density at radius 1 is 1.17 bits per heavy atom. The van der Waals surface area contributed by atoms with E-state index in [2.05, 4.69) is 42.3 Å². The third-order valence-corrected chi connectivity index (χ3v) is 3.38. The summed E-state index contributed by atoms with van der Waals surface area (Å²) in [6.45, 7) is 7.02. The van der Waals surface area contributed by atoms with E-state index in [0.29, 0.717) is 5.15 Å². The highest BCUT2D eigenvalue weighted by atomic mass is 35.5. The van der Waals surface area contributed by atoms with E-state index in [4.69, 9.17) is 11.6 Å². The molecular formula is C15H17ClN2. The van der Waals surface area contributed by atoms with Gasteiger partial charge in [0.2, 0.25) is 0 Å². The molecule has 1 aromatic heterocycles. The first-order valence-electron chi connectivity index (χ1n) is 5.99. The maximum atomic E-state index is 6.07. The highest BCUT2D eigenvalue weighted by molar-refractivity contribution is 6.31. The molecule has 1 aromatic carbocycles. The Balaban J connectivity index is 2.19. The van der Waals surface area contributed by atoms with E-state index >= 15 is 0 Å². The van der Waals surface area contributed by atoms with E-state index < -0.39 is 0 Å². The smallest absolute Gasteiger partial charge is 0.152 e. The van der Waals surface area contributed by atoms with E-state index in [1.807, 2.05) is 13.0 Å². The maximum absolute atomic E-state index is 6.07. The molecule has 2 rings (SSSR count). The number of pyridine rings is 1. The Morgan fingerprint density at radius 3 is 2.50 bits per heavy atom. The van der Waals surface area contributed by atoms with Gasteiger partial charge in [0.05, 0.1) is 5.69 Å². The molecule has 0 spiro atoms. The summed E-state index contributed by atoms with van der Waals surface area (Å²) in [6.07, 6.45) is 1.77.